The van der Waals surface area contributed by atoms with Gasteiger partial charge in [0.25, 0.3) is 0 Å². The number of morpholine rings is 1. The fourth-order valence-electron chi connectivity index (χ4n) is 2.17. The summed E-state index contributed by atoms with van der Waals surface area (Å²) in [7, 11) is 0. The molecule has 1 fully saturated rings. The Kier molecular flexibility index (Phi) is 4.27. The van der Waals surface area contributed by atoms with Gasteiger partial charge in [0, 0.05) is 31.3 Å². The predicted octanol–water partition coefficient (Wildman–Crippen LogP) is 1.72. The van der Waals surface area contributed by atoms with Crippen LogP contribution in [-0.2, 0) is 4.74 Å². The van der Waals surface area contributed by atoms with E-state index in [1.165, 1.54) is 6.07 Å². The van der Waals surface area contributed by atoms with Crippen LogP contribution in [-0.4, -0.2) is 42.4 Å². The van der Waals surface area contributed by atoms with Gasteiger partial charge < -0.3 is 9.84 Å². The molecule has 0 radical (unpaired) electrons. The van der Waals surface area contributed by atoms with Gasteiger partial charge in [-0.3, -0.25) is 4.90 Å². The van der Waals surface area contributed by atoms with Gasteiger partial charge >= 0.3 is 0 Å². The Balaban J connectivity index is 2.00. The fourth-order valence-corrected chi connectivity index (χ4v) is 2.17. The molecule has 1 saturated heterocycles. The monoisotopic (exact) mass is 257 g/mol. The van der Waals surface area contributed by atoms with Crippen LogP contribution in [0.3, 0.4) is 0 Å². The van der Waals surface area contributed by atoms with Crippen LogP contribution in [0.5, 0.6) is 0 Å². The zero-order valence-electron chi connectivity index (χ0n) is 10.3. The molecular weight excluding hydrogens is 240 g/mol. The lowest BCUT2D eigenvalue weighted by molar-refractivity contribution is -0.0322. The van der Waals surface area contributed by atoms with Crippen LogP contribution in [0, 0.1) is 11.6 Å². The molecule has 100 valence electrons. The van der Waals surface area contributed by atoms with Crippen molar-refractivity contribution in [2.24, 2.45) is 0 Å². The van der Waals surface area contributed by atoms with Crippen LogP contribution in [0.25, 0.3) is 0 Å². The first kappa shape index (κ1) is 13.4. The first-order chi connectivity index (χ1) is 8.56. The third-order valence-corrected chi connectivity index (χ3v) is 3.08. The molecule has 1 aromatic carbocycles. The van der Waals surface area contributed by atoms with Crippen LogP contribution >= 0.6 is 0 Å². The summed E-state index contributed by atoms with van der Waals surface area (Å²) < 4.78 is 31.6. The first-order valence-corrected chi connectivity index (χ1v) is 6.03. The van der Waals surface area contributed by atoms with Gasteiger partial charge in [0.15, 0.2) is 0 Å². The second kappa shape index (κ2) is 5.73. The van der Waals surface area contributed by atoms with Gasteiger partial charge in [-0.05, 0) is 13.0 Å². The van der Waals surface area contributed by atoms with E-state index in [-0.39, 0.29) is 11.7 Å². The van der Waals surface area contributed by atoms with E-state index in [2.05, 4.69) is 0 Å². The van der Waals surface area contributed by atoms with Crippen LogP contribution in [0.15, 0.2) is 18.2 Å². The molecular formula is C13H17F2NO2. The van der Waals surface area contributed by atoms with Crippen molar-refractivity contribution in [3.63, 3.8) is 0 Å². The van der Waals surface area contributed by atoms with Crippen molar-refractivity contribution in [3.8, 4) is 0 Å². The molecule has 0 amide bonds. The molecule has 2 atom stereocenters. The number of aliphatic hydroxyl groups is 1. The summed E-state index contributed by atoms with van der Waals surface area (Å²) in [6.45, 7) is 4.32. The molecule has 3 nitrogen and oxygen atoms in total. The van der Waals surface area contributed by atoms with Crippen LogP contribution < -0.4 is 0 Å². The number of halogens is 2. The van der Waals surface area contributed by atoms with Crippen LogP contribution in [0.2, 0.25) is 0 Å². The minimum Gasteiger partial charge on any atom is -0.387 e. The van der Waals surface area contributed by atoms with Crippen molar-refractivity contribution in [1.29, 1.82) is 0 Å². The molecule has 18 heavy (non-hydrogen) atoms. The summed E-state index contributed by atoms with van der Waals surface area (Å²) in [6, 6.07) is 3.24. The molecule has 1 aliphatic rings. The van der Waals surface area contributed by atoms with Gasteiger partial charge in [-0.25, -0.2) is 8.78 Å². The Morgan fingerprint density at radius 2 is 2.28 bits per heavy atom. The van der Waals surface area contributed by atoms with E-state index in [0.29, 0.717) is 26.2 Å². The maximum Gasteiger partial charge on any atom is 0.131 e. The molecule has 5 heteroatoms. The van der Waals surface area contributed by atoms with Crippen molar-refractivity contribution >= 4 is 0 Å². The maximum atomic E-state index is 13.5. The zero-order valence-corrected chi connectivity index (χ0v) is 10.3. The largest absolute Gasteiger partial charge is 0.387 e. The summed E-state index contributed by atoms with van der Waals surface area (Å²) >= 11 is 0. The van der Waals surface area contributed by atoms with Gasteiger partial charge in [-0.15, -0.1) is 0 Å². The Morgan fingerprint density at radius 1 is 1.50 bits per heavy atom. The molecule has 0 spiro atoms. The fraction of sp³-hybridized carbons (Fsp3) is 0.538. The number of rotatable bonds is 3. The van der Waals surface area contributed by atoms with Crippen LogP contribution in [0.4, 0.5) is 8.78 Å². The van der Waals surface area contributed by atoms with Crippen molar-refractivity contribution in [3.05, 3.63) is 35.4 Å². The highest BCUT2D eigenvalue weighted by Crippen LogP contribution is 2.20. The summed E-state index contributed by atoms with van der Waals surface area (Å²) in [5.41, 5.74) is 0.135. The lowest BCUT2D eigenvalue weighted by Crippen LogP contribution is -2.43. The smallest absolute Gasteiger partial charge is 0.131 e. The predicted molar refractivity (Wildman–Crippen MR) is 63.2 cm³/mol. The van der Waals surface area contributed by atoms with E-state index in [1.54, 1.807) is 0 Å². The number of hydrogen-bond donors (Lipinski definition) is 1. The minimum absolute atomic E-state index is 0.115. The maximum absolute atomic E-state index is 13.5. The topological polar surface area (TPSA) is 32.7 Å². The number of β-amino-alcohol motifs (C(OH)–C–C–N with tert-alkyl or cyclic N) is 1. The second-order valence-electron chi connectivity index (χ2n) is 4.62. The SMILES string of the molecule is CC1CN(CC(O)c2ccc(F)cc2F)CCO1. The second-order valence-corrected chi connectivity index (χ2v) is 4.62. The van der Waals surface area contributed by atoms with Crippen molar-refractivity contribution in [2.75, 3.05) is 26.2 Å². The molecule has 0 aliphatic carbocycles. The van der Waals surface area contributed by atoms with Crippen molar-refractivity contribution < 1.29 is 18.6 Å². The third-order valence-electron chi connectivity index (χ3n) is 3.08. The van der Waals surface area contributed by atoms with E-state index >= 15 is 0 Å². The highest BCUT2D eigenvalue weighted by Gasteiger charge is 2.21. The molecule has 1 heterocycles. The Morgan fingerprint density at radius 3 is 2.94 bits per heavy atom. The molecule has 2 rings (SSSR count). The normalized spacial score (nSPS) is 23.0. The van der Waals surface area contributed by atoms with Crippen LogP contribution in [0.1, 0.15) is 18.6 Å². The van der Waals surface area contributed by atoms with E-state index in [0.717, 1.165) is 12.1 Å². The van der Waals surface area contributed by atoms with Gasteiger partial charge in [-0.1, -0.05) is 6.07 Å². The minimum atomic E-state index is -0.948. The number of aliphatic hydroxyl groups excluding tert-OH is 1. The van der Waals surface area contributed by atoms with Crippen molar-refractivity contribution in [2.45, 2.75) is 19.1 Å². The summed E-state index contributed by atoms with van der Waals surface area (Å²) in [4.78, 5) is 2.02. The highest BCUT2D eigenvalue weighted by molar-refractivity contribution is 5.21. The van der Waals surface area contributed by atoms with E-state index in [1.807, 2.05) is 11.8 Å². The van der Waals surface area contributed by atoms with E-state index < -0.39 is 17.7 Å². The molecule has 0 saturated carbocycles. The zero-order chi connectivity index (χ0) is 13.1. The first-order valence-electron chi connectivity index (χ1n) is 6.03. The average molecular weight is 257 g/mol. The summed E-state index contributed by atoms with van der Waals surface area (Å²) in [5.74, 6) is -1.34. The van der Waals surface area contributed by atoms with Gasteiger partial charge in [0.1, 0.15) is 11.6 Å². The Bertz CT molecular complexity index is 414. The van der Waals surface area contributed by atoms with E-state index in [9.17, 15) is 13.9 Å². The standard InChI is InChI=1S/C13H17F2NO2/c1-9-7-16(4-5-18-9)8-13(17)11-3-2-10(14)6-12(11)15/h2-3,6,9,13,17H,4-5,7-8H2,1H3. The number of hydrogen-bond acceptors (Lipinski definition) is 3. The highest BCUT2D eigenvalue weighted by atomic mass is 19.1. The Hall–Kier alpha value is -1.04. The quantitative estimate of drug-likeness (QED) is 0.895. The van der Waals surface area contributed by atoms with E-state index in [4.69, 9.17) is 4.74 Å². The van der Waals surface area contributed by atoms with Gasteiger partial charge in [0.05, 0.1) is 18.8 Å². The lowest BCUT2D eigenvalue weighted by atomic mass is 10.1. The number of nitrogens with zero attached hydrogens (tertiary/aromatic N) is 1. The third kappa shape index (κ3) is 3.25. The molecule has 1 N–H and O–H groups in total. The molecule has 1 aromatic rings. The number of benzene rings is 1. The van der Waals surface area contributed by atoms with Gasteiger partial charge in [-0.2, -0.15) is 0 Å². The molecule has 0 bridgehead atoms. The molecule has 0 aromatic heterocycles. The summed E-state index contributed by atoms with van der Waals surface area (Å²) in [6.07, 6.45) is -0.833. The lowest BCUT2D eigenvalue weighted by Gasteiger charge is -2.32. The Labute approximate surface area is 105 Å². The van der Waals surface area contributed by atoms with Gasteiger partial charge in [0.2, 0.25) is 0 Å². The number of ether oxygens (including phenoxy) is 1. The van der Waals surface area contributed by atoms with Crippen molar-refractivity contribution in [1.82, 2.24) is 4.90 Å². The molecule has 1 aliphatic heterocycles. The molecule has 2 unspecified atom stereocenters. The summed E-state index contributed by atoms with van der Waals surface area (Å²) in [5, 5.41) is 9.99. The average Bonchev–Trinajstić information content (AvgIpc) is 2.28.